The van der Waals surface area contributed by atoms with Gasteiger partial charge in [-0.1, -0.05) is 25.5 Å². The van der Waals surface area contributed by atoms with Crippen molar-refractivity contribution in [2.75, 3.05) is 13.4 Å². The fourth-order valence-electron chi connectivity index (χ4n) is 4.18. The van der Waals surface area contributed by atoms with E-state index in [0.29, 0.717) is 31.0 Å². The molecule has 0 saturated carbocycles. The highest BCUT2D eigenvalue weighted by molar-refractivity contribution is 7.00. The van der Waals surface area contributed by atoms with Crippen molar-refractivity contribution in [1.82, 2.24) is 18.5 Å². The van der Waals surface area contributed by atoms with Gasteiger partial charge in [0.15, 0.2) is 17.2 Å². The third-order valence-corrected chi connectivity index (χ3v) is 6.39. The Morgan fingerprint density at radius 3 is 2.74 bits per heavy atom. The van der Waals surface area contributed by atoms with Crippen LogP contribution in [0.2, 0.25) is 0 Å². The molecule has 0 saturated heterocycles. The Labute approximate surface area is 201 Å². The normalized spacial score (nSPS) is 12.4. The minimum absolute atomic E-state index is 0.221. The average molecular weight is 479 g/mol. The number of nitrogens with zero attached hydrogens (tertiary/aromatic N) is 4. The molecule has 0 aliphatic carbocycles. The van der Waals surface area contributed by atoms with Crippen LogP contribution in [0, 0.1) is 0 Å². The van der Waals surface area contributed by atoms with Crippen molar-refractivity contribution in [1.29, 1.82) is 0 Å². The highest BCUT2D eigenvalue weighted by Crippen LogP contribution is 2.33. The van der Waals surface area contributed by atoms with Gasteiger partial charge in [0, 0.05) is 12.0 Å². The quantitative estimate of drug-likeness (QED) is 0.320. The number of esters is 1. The monoisotopic (exact) mass is 478 g/mol. The van der Waals surface area contributed by atoms with Gasteiger partial charge >= 0.3 is 5.97 Å². The molecule has 9 heteroatoms. The van der Waals surface area contributed by atoms with Gasteiger partial charge in [0.2, 0.25) is 6.79 Å². The van der Waals surface area contributed by atoms with Crippen molar-refractivity contribution >= 4 is 28.7 Å². The molecule has 0 bridgehead atoms. The first-order chi connectivity index (χ1) is 16.7. The first-order valence-electron chi connectivity index (χ1n) is 11.5. The zero-order valence-electron chi connectivity index (χ0n) is 19.2. The highest BCUT2D eigenvalue weighted by Gasteiger charge is 2.25. The Morgan fingerprint density at radius 1 is 1.06 bits per heavy atom. The van der Waals surface area contributed by atoms with Crippen LogP contribution in [0.15, 0.2) is 36.4 Å². The highest BCUT2D eigenvalue weighted by atomic mass is 32.1. The van der Waals surface area contributed by atoms with E-state index in [-0.39, 0.29) is 12.8 Å². The second kappa shape index (κ2) is 9.80. The van der Waals surface area contributed by atoms with Crippen LogP contribution in [0.25, 0.3) is 11.0 Å². The molecule has 0 spiro atoms. The van der Waals surface area contributed by atoms with E-state index in [1.807, 2.05) is 43.3 Å². The summed E-state index contributed by atoms with van der Waals surface area (Å²) >= 11 is 1.20. The molecule has 0 radical (unpaired) electrons. The summed E-state index contributed by atoms with van der Waals surface area (Å²) in [5, 5.41) is 4.91. The van der Waals surface area contributed by atoms with Gasteiger partial charge in [-0.2, -0.15) is 13.8 Å². The molecule has 0 atom stereocenters. The van der Waals surface area contributed by atoms with Gasteiger partial charge in [-0.3, -0.25) is 4.68 Å². The predicted octanol–water partition coefficient (Wildman–Crippen LogP) is 4.77. The Balaban J connectivity index is 1.55. The van der Waals surface area contributed by atoms with E-state index in [0.717, 1.165) is 58.4 Å². The molecule has 1 aliphatic heterocycles. The van der Waals surface area contributed by atoms with E-state index >= 15 is 0 Å². The van der Waals surface area contributed by atoms with Crippen LogP contribution in [-0.2, 0) is 24.1 Å². The number of fused-ring (bicyclic) bond motifs is 2. The summed E-state index contributed by atoms with van der Waals surface area (Å²) in [4.78, 5) is 13.2. The summed E-state index contributed by atoms with van der Waals surface area (Å²) in [5.41, 5.74) is 6.12. The lowest BCUT2D eigenvalue weighted by Gasteiger charge is -2.10. The molecule has 0 unspecified atom stereocenters. The van der Waals surface area contributed by atoms with Crippen LogP contribution in [0.1, 0.15) is 59.6 Å². The summed E-state index contributed by atoms with van der Waals surface area (Å²) in [6.07, 6.45) is 3.40. The number of hydrogen-bond donors (Lipinski definition) is 0. The maximum atomic E-state index is 13.2. The van der Waals surface area contributed by atoms with Crippen molar-refractivity contribution in [3.05, 3.63) is 64.5 Å². The molecule has 5 rings (SSSR count). The van der Waals surface area contributed by atoms with E-state index < -0.39 is 0 Å². The summed E-state index contributed by atoms with van der Waals surface area (Å²) in [6.45, 7) is 4.92. The minimum Gasteiger partial charge on any atom is -0.461 e. The van der Waals surface area contributed by atoms with Gasteiger partial charge in [0.25, 0.3) is 0 Å². The van der Waals surface area contributed by atoms with Crippen molar-refractivity contribution in [2.24, 2.45) is 0 Å². The van der Waals surface area contributed by atoms with E-state index in [9.17, 15) is 4.79 Å². The Bertz CT molecular complexity index is 1330. The van der Waals surface area contributed by atoms with Gasteiger partial charge in [0.05, 0.1) is 30.6 Å². The third-order valence-electron chi connectivity index (χ3n) is 5.84. The second-order valence-corrected chi connectivity index (χ2v) is 8.74. The number of hydrogen-bond acceptors (Lipinski definition) is 8. The molecule has 1 aliphatic rings. The van der Waals surface area contributed by atoms with Crippen molar-refractivity contribution in [3.63, 3.8) is 0 Å². The maximum absolute atomic E-state index is 13.2. The molecule has 176 valence electrons. The summed E-state index contributed by atoms with van der Waals surface area (Å²) in [5.74, 6) is 1.08. The molecular weight excluding hydrogens is 452 g/mol. The molecule has 0 fully saturated rings. The lowest BCUT2D eigenvalue weighted by atomic mass is 9.99. The number of aryl methyl sites for hydroxylation is 1. The largest absolute Gasteiger partial charge is 0.461 e. The fraction of sp³-hybridized carbons (Fsp3) is 0.360. The molecule has 2 aromatic carbocycles. The van der Waals surface area contributed by atoms with Gasteiger partial charge < -0.3 is 14.2 Å². The van der Waals surface area contributed by atoms with E-state index in [1.165, 1.54) is 11.7 Å². The standard InChI is InChI=1S/C25H26N4O4S/c1-3-5-6-19-18(11-16-7-9-20-21(12-16)28-34-27-20)24(25(30)31-4-2)29(26-19)14-17-8-10-22-23(13-17)33-15-32-22/h7-10,12-13H,3-6,11,14-15H2,1-2H3. The first kappa shape index (κ1) is 22.3. The van der Waals surface area contributed by atoms with Crippen LogP contribution in [0.5, 0.6) is 11.5 Å². The molecule has 34 heavy (non-hydrogen) atoms. The number of carbonyl (C=O) groups is 1. The van der Waals surface area contributed by atoms with Crippen LogP contribution in [0.3, 0.4) is 0 Å². The zero-order valence-corrected chi connectivity index (χ0v) is 20.1. The van der Waals surface area contributed by atoms with Crippen molar-refractivity contribution in [2.45, 2.75) is 46.1 Å². The van der Waals surface area contributed by atoms with Crippen LogP contribution in [-0.4, -0.2) is 37.9 Å². The summed E-state index contributed by atoms with van der Waals surface area (Å²) in [7, 11) is 0. The number of unbranched alkanes of at least 4 members (excludes halogenated alkanes) is 1. The van der Waals surface area contributed by atoms with Crippen molar-refractivity contribution in [3.8, 4) is 11.5 Å². The SMILES string of the molecule is CCCCc1nn(Cc2ccc3c(c2)OCO3)c(C(=O)OCC)c1Cc1ccc2nsnc2c1. The van der Waals surface area contributed by atoms with Gasteiger partial charge in [-0.05, 0) is 55.2 Å². The third kappa shape index (κ3) is 4.48. The molecule has 0 amide bonds. The lowest BCUT2D eigenvalue weighted by molar-refractivity contribution is 0.0511. The molecule has 8 nitrogen and oxygen atoms in total. The Morgan fingerprint density at radius 2 is 1.88 bits per heavy atom. The first-order valence-corrected chi connectivity index (χ1v) is 12.2. The lowest BCUT2D eigenvalue weighted by Crippen LogP contribution is -2.16. The smallest absolute Gasteiger partial charge is 0.356 e. The number of ether oxygens (including phenoxy) is 3. The number of carbonyl (C=O) groups excluding carboxylic acids is 1. The Kier molecular flexibility index (Phi) is 6.44. The topological polar surface area (TPSA) is 88.4 Å². The molecule has 4 aromatic rings. The van der Waals surface area contributed by atoms with Crippen LogP contribution in [0.4, 0.5) is 0 Å². The summed E-state index contributed by atoms with van der Waals surface area (Å²) in [6, 6.07) is 11.8. The molecule has 2 aromatic heterocycles. The molecular formula is C25H26N4O4S. The minimum atomic E-state index is -0.357. The maximum Gasteiger partial charge on any atom is 0.356 e. The van der Waals surface area contributed by atoms with E-state index in [2.05, 4.69) is 15.7 Å². The van der Waals surface area contributed by atoms with Gasteiger partial charge in [-0.25, -0.2) is 4.79 Å². The number of benzene rings is 2. The summed E-state index contributed by atoms with van der Waals surface area (Å²) < 4.78 is 26.9. The zero-order chi connectivity index (χ0) is 23.5. The second-order valence-electron chi connectivity index (χ2n) is 8.21. The van der Waals surface area contributed by atoms with Gasteiger partial charge in [0.1, 0.15) is 11.0 Å². The van der Waals surface area contributed by atoms with E-state index in [4.69, 9.17) is 19.3 Å². The van der Waals surface area contributed by atoms with Gasteiger partial charge in [-0.15, -0.1) is 0 Å². The number of aromatic nitrogens is 4. The fourth-order valence-corrected chi connectivity index (χ4v) is 4.69. The Hall–Kier alpha value is -3.46. The average Bonchev–Trinajstić information content (AvgIpc) is 3.56. The van der Waals surface area contributed by atoms with Crippen LogP contribution >= 0.6 is 11.7 Å². The molecule has 0 N–H and O–H groups in total. The van der Waals surface area contributed by atoms with Crippen molar-refractivity contribution < 1.29 is 19.0 Å². The molecule has 3 heterocycles. The van der Waals surface area contributed by atoms with Crippen LogP contribution < -0.4 is 9.47 Å². The number of rotatable bonds is 9. The van der Waals surface area contributed by atoms with E-state index in [1.54, 1.807) is 4.68 Å². The predicted molar refractivity (Wildman–Crippen MR) is 129 cm³/mol.